The molecule has 28 heavy (non-hydrogen) atoms. The van der Waals surface area contributed by atoms with Crippen LogP contribution in [0, 0.1) is 17.8 Å². The fourth-order valence-electron chi connectivity index (χ4n) is 6.65. The van der Waals surface area contributed by atoms with Gasteiger partial charge in [0, 0.05) is 5.69 Å². The topological polar surface area (TPSA) is 29.1 Å². The van der Waals surface area contributed by atoms with E-state index in [1.165, 1.54) is 49.7 Å². The van der Waals surface area contributed by atoms with E-state index in [2.05, 4.69) is 60.8 Å². The molecule has 2 aromatic rings. The number of carbonyl (C=O) groups is 1. The number of benzene rings is 2. The summed E-state index contributed by atoms with van der Waals surface area (Å²) in [5, 5.41) is 3.08. The number of amides is 1. The molecule has 2 nitrogen and oxygen atoms in total. The first-order chi connectivity index (χ1) is 13.6. The van der Waals surface area contributed by atoms with Crippen molar-refractivity contribution in [2.24, 2.45) is 17.8 Å². The van der Waals surface area contributed by atoms with Gasteiger partial charge in [-0.3, -0.25) is 4.79 Å². The summed E-state index contributed by atoms with van der Waals surface area (Å²) in [6.45, 7) is 2.15. The van der Waals surface area contributed by atoms with Crippen LogP contribution < -0.4 is 5.32 Å². The molecule has 4 aliphatic carbocycles. The maximum absolute atomic E-state index is 12.4. The van der Waals surface area contributed by atoms with Crippen LogP contribution in [0.15, 0.2) is 48.5 Å². The summed E-state index contributed by atoms with van der Waals surface area (Å²) in [7, 11) is 0. The van der Waals surface area contributed by atoms with Crippen LogP contribution in [0.5, 0.6) is 0 Å². The highest BCUT2D eigenvalue weighted by atomic mass is 16.1. The highest BCUT2D eigenvalue weighted by Gasteiger charge is 2.51. The van der Waals surface area contributed by atoms with Gasteiger partial charge in [-0.1, -0.05) is 43.3 Å². The Labute approximate surface area is 168 Å². The lowest BCUT2D eigenvalue weighted by Crippen LogP contribution is -2.48. The van der Waals surface area contributed by atoms with Gasteiger partial charge >= 0.3 is 0 Å². The Kier molecular flexibility index (Phi) is 4.53. The van der Waals surface area contributed by atoms with Crippen molar-refractivity contribution in [1.29, 1.82) is 0 Å². The van der Waals surface area contributed by atoms with Crippen molar-refractivity contribution in [2.75, 3.05) is 5.32 Å². The summed E-state index contributed by atoms with van der Waals surface area (Å²) >= 11 is 0. The number of aryl methyl sites for hydroxylation is 1. The maximum atomic E-state index is 12.4. The van der Waals surface area contributed by atoms with E-state index in [0.29, 0.717) is 11.8 Å². The molecule has 0 radical (unpaired) electrons. The molecule has 0 atom stereocenters. The quantitative estimate of drug-likeness (QED) is 0.695. The highest BCUT2D eigenvalue weighted by molar-refractivity contribution is 5.92. The molecule has 0 heterocycles. The SMILES string of the molecule is CCc1ccc(CC(=O)Nc2ccc(C34CC5CC(CC(C5)C3)C4)cc2)cc1. The molecule has 4 saturated carbocycles. The van der Waals surface area contributed by atoms with Gasteiger partial charge in [0.15, 0.2) is 0 Å². The number of anilines is 1. The second kappa shape index (κ2) is 7.06. The lowest BCUT2D eigenvalue weighted by atomic mass is 9.48. The zero-order chi connectivity index (χ0) is 19.1. The van der Waals surface area contributed by atoms with Gasteiger partial charge in [-0.25, -0.2) is 0 Å². The molecule has 0 aliphatic heterocycles. The summed E-state index contributed by atoms with van der Waals surface area (Å²) < 4.78 is 0. The second-order valence-corrected chi connectivity index (χ2v) is 9.67. The molecule has 2 aromatic carbocycles. The Morgan fingerprint density at radius 1 is 0.857 bits per heavy atom. The largest absolute Gasteiger partial charge is 0.326 e. The zero-order valence-corrected chi connectivity index (χ0v) is 16.9. The summed E-state index contributed by atoms with van der Waals surface area (Å²) in [5.41, 5.74) is 5.24. The van der Waals surface area contributed by atoms with Crippen LogP contribution in [-0.4, -0.2) is 5.91 Å². The number of rotatable bonds is 5. The minimum atomic E-state index is 0.0619. The maximum Gasteiger partial charge on any atom is 0.228 e. The molecule has 1 N–H and O–H groups in total. The predicted octanol–water partition coefficient (Wildman–Crippen LogP) is 5.90. The van der Waals surface area contributed by atoms with E-state index in [4.69, 9.17) is 0 Å². The van der Waals surface area contributed by atoms with E-state index in [0.717, 1.165) is 35.4 Å². The van der Waals surface area contributed by atoms with Crippen molar-refractivity contribution < 1.29 is 4.79 Å². The van der Waals surface area contributed by atoms with Crippen molar-refractivity contribution >= 4 is 11.6 Å². The van der Waals surface area contributed by atoms with Gasteiger partial charge in [0.25, 0.3) is 0 Å². The van der Waals surface area contributed by atoms with Gasteiger partial charge in [-0.05, 0) is 96.9 Å². The minimum absolute atomic E-state index is 0.0619. The smallest absolute Gasteiger partial charge is 0.228 e. The highest BCUT2D eigenvalue weighted by Crippen LogP contribution is 2.60. The van der Waals surface area contributed by atoms with Gasteiger partial charge in [0.1, 0.15) is 0 Å². The monoisotopic (exact) mass is 373 g/mol. The van der Waals surface area contributed by atoms with Crippen LogP contribution in [0.1, 0.15) is 62.1 Å². The normalized spacial score (nSPS) is 30.4. The molecular weight excluding hydrogens is 342 g/mol. The molecule has 0 spiro atoms. The van der Waals surface area contributed by atoms with Crippen LogP contribution >= 0.6 is 0 Å². The molecule has 4 aliphatic rings. The average molecular weight is 374 g/mol. The van der Waals surface area contributed by atoms with Crippen LogP contribution in [0.3, 0.4) is 0 Å². The summed E-state index contributed by atoms with van der Waals surface area (Å²) in [6, 6.07) is 17.2. The first-order valence-electron chi connectivity index (χ1n) is 11.1. The summed E-state index contributed by atoms with van der Waals surface area (Å²) in [4.78, 5) is 12.4. The van der Waals surface area contributed by atoms with E-state index in [-0.39, 0.29) is 5.91 Å². The lowest BCUT2D eigenvalue weighted by Gasteiger charge is -2.57. The third-order valence-electron chi connectivity index (χ3n) is 7.62. The van der Waals surface area contributed by atoms with E-state index >= 15 is 0 Å². The van der Waals surface area contributed by atoms with Crippen molar-refractivity contribution in [2.45, 2.75) is 63.7 Å². The van der Waals surface area contributed by atoms with Gasteiger partial charge < -0.3 is 5.32 Å². The van der Waals surface area contributed by atoms with Crippen molar-refractivity contribution in [3.63, 3.8) is 0 Å². The Bertz CT molecular complexity index is 814. The van der Waals surface area contributed by atoms with Crippen molar-refractivity contribution in [1.82, 2.24) is 0 Å². The number of hydrogen-bond acceptors (Lipinski definition) is 1. The lowest BCUT2D eigenvalue weighted by molar-refractivity contribution is -0.115. The first-order valence-corrected chi connectivity index (χ1v) is 11.1. The van der Waals surface area contributed by atoms with Crippen molar-refractivity contribution in [3.8, 4) is 0 Å². The molecule has 0 aromatic heterocycles. The molecule has 146 valence electrons. The van der Waals surface area contributed by atoms with Gasteiger partial charge in [0.2, 0.25) is 5.91 Å². The number of hydrogen-bond donors (Lipinski definition) is 1. The van der Waals surface area contributed by atoms with Gasteiger partial charge in [-0.15, -0.1) is 0 Å². The Hall–Kier alpha value is -2.09. The Morgan fingerprint density at radius 3 is 1.93 bits per heavy atom. The average Bonchev–Trinajstić information content (AvgIpc) is 2.68. The van der Waals surface area contributed by atoms with E-state index in [1.807, 2.05) is 0 Å². The molecule has 0 saturated heterocycles. The molecule has 0 unspecified atom stereocenters. The number of nitrogens with one attached hydrogen (secondary N) is 1. The predicted molar refractivity (Wildman–Crippen MR) is 114 cm³/mol. The van der Waals surface area contributed by atoms with Crippen LogP contribution in [0.2, 0.25) is 0 Å². The molecule has 1 amide bonds. The fraction of sp³-hybridized carbons (Fsp3) is 0.500. The Balaban J connectivity index is 1.24. The third kappa shape index (κ3) is 3.38. The van der Waals surface area contributed by atoms with E-state index < -0.39 is 0 Å². The Morgan fingerprint density at radius 2 is 1.39 bits per heavy atom. The minimum Gasteiger partial charge on any atom is -0.326 e. The summed E-state index contributed by atoms with van der Waals surface area (Å²) in [5.74, 6) is 2.95. The first kappa shape index (κ1) is 18.0. The van der Waals surface area contributed by atoms with Crippen LogP contribution in [0.4, 0.5) is 5.69 Å². The molecular formula is C26H31NO. The molecule has 2 heteroatoms. The third-order valence-corrected chi connectivity index (χ3v) is 7.62. The van der Waals surface area contributed by atoms with Gasteiger partial charge in [0.05, 0.1) is 6.42 Å². The van der Waals surface area contributed by atoms with Crippen LogP contribution in [-0.2, 0) is 23.1 Å². The standard InChI is InChI=1S/C26H31NO/c1-2-18-3-5-19(6-4-18)14-25(28)27-24-9-7-23(8-10-24)26-15-20-11-21(16-26)13-22(12-20)17-26/h3-10,20-22H,2,11-17H2,1H3,(H,27,28). The molecule has 4 fully saturated rings. The van der Waals surface area contributed by atoms with Gasteiger partial charge in [-0.2, -0.15) is 0 Å². The van der Waals surface area contributed by atoms with E-state index in [9.17, 15) is 4.79 Å². The second-order valence-electron chi connectivity index (χ2n) is 9.67. The van der Waals surface area contributed by atoms with Crippen LogP contribution in [0.25, 0.3) is 0 Å². The fourth-order valence-corrected chi connectivity index (χ4v) is 6.65. The van der Waals surface area contributed by atoms with Crippen molar-refractivity contribution in [3.05, 3.63) is 65.2 Å². The zero-order valence-electron chi connectivity index (χ0n) is 16.9. The summed E-state index contributed by atoms with van der Waals surface area (Å²) in [6.07, 6.45) is 10.1. The number of carbonyl (C=O) groups excluding carboxylic acids is 1. The molecule has 6 rings (SSSR count). The van der Waals surface area contributed by atoms with E-state index in [1.54, 1.807) is 0 Å². The molecule has 4 bridgehead atoms.